The minimum Gasteiger partial charge on any atom is -0.497 e. The Bertz CT molecular complexity index is 1130. The van der Waals surface area contributed by atoms with Gasteiger partial charge in [-0.25, -0.2) is 0 Å². The molecule has 0 atom stereocenters. The lowest BCUT2D eigenvalue weighted by atomic mass is 10.0. The van der Waals surface area contributed by atoms with E-state index in [1.807, 2.05) is 29.1 Å². The summed E-state index contributed by atoms with van der Waals surface area (Å²) in [6, 6.07) is 14.3. The molecule has 0 saturated carbocycles. The predicted octanol–water partition coefficient (Wildman–Crippen LogP) is 4.62. The highest BCUT2D eigenvalue weighted by Crippen LogP contribution is 2.32. The van der Waals surface area contributed by atoms with Gasteiger partial charge < -0.3 is 9.47 Å². The van der Waals surface area contributed by atoms with E-state index in [-0.39, 0.29) is 0 Å². The lowest BCUT2D eigenvalue weighted by Gasteiger charge is -2.14. The molecule has 0 spiro atoms. The number of nitrogens with zero attached hydrogens (tertiary/aromatic N) is 3. The van der Waals surface area contributed by atoms with Crippen LogP contribution in [0.2, 0.25) is 0 Å². The standard InChI is InChI=1S/C23H24N4O2/c1-15-6-5-7-20(16(15)2)22-11-21(18-12-24-25-13-18)26-27(22)14-17-8-9-19(28-3)10-23(17)29-4/h5-13H,14H2,1-4H3,(H,24,25). The largest absolute Gasteiger partial charge is 0.497 e. The number of aromatic nitrogens is 4. The highest BCUT2D eigenvalue weighted by Gasteiger charge is 2.16. The van der Waals surface area contributed by atoms with E-state index in [4.69, 9.17) is 14.6 Å². The second-order valence-corrected chi connectivity index (χ2v) is 6.98. The number of methoxy groups -OCH3 is 2. The van der Waals surface area contributed by atoms with Gasteiger partial charge in [0.05, 0.1) is 38.3 Å². The quantitative estimate of drug-likeness (QED) is 0.523. The number of benzene rings is 2. The summed E-state index contributed by atoms with van der Waals surface area (Å²) in [5, 5.41) is 11.8. The van der Waals surface area contributed by atoms with Crippen molar-refractivity contribution in [1.82, 2.24) is 20.0 Å². The molecule has 0 fully saturated rings. The van der Waals surface area contributed by atoms with Gasteiger partial charge in [-0.2, -0.15) is 10.2 Å². The molecule has 0 bridgehead atoms. The molecule has 4 rings (SSSR count). The number of aryl methyl sites for hydroxylation is 1. The monoisotopic (exact) mass is 388 g/mol. The lowest BCUT2D eigenvalue weighted by Crippen LogP contribution is -2.06. The van der Waals surface area contributed by atoms with E-state index in [0.29, 0.717) is 6.54 Å². The van der Waals surface area contributed by atoms with Crippen molar-refractivity contribution < 1.29 is 9.47 Å². The molecular weight excluding hydrogens is 364 g/mol. The van der Waals surface area contributed by atoms with E-state index in [1.165, 1.54) is 16.7 Å². The third-order valence-corrected chi connectivity index (χ3v) is 5.27. The maximum absolute atomic E-state index is 5.59. The first-order valence-corrected chi connectivity index (χ1v) is 9.45. The number of hydrogen-bond donors (Lipinski definition) is 1. The summed E-state index contributed by atoms with van der Waals surface area (Å²) in [4.78, 5) is 0. The van der Waals surface area contributed by atoms with E-state index in [9.17, 15) is 0 Å². The Balaban J connectivity index is 1.83. The molecule has 6 heteroatoms. The first-order valence-electron chi connectivity index (χ1n) is 9.45. The fraction of sp³-hybridized carbons (Fsp3) is 0.217. The predicted molar refractivity (Wildman–Crippen MR) is 113 cm³/mol. The van der Waals surface area contributed by atoms with Crippen molar-refractivity contribution in [2.24, 2.45) is 0 Å². The number of ether oxygens (including phenoxy) is 2. The van der Waals surface area contributed by atoms with Crippen LogP contribution >= 0.6 is 0 Å². The Morgan fingerprint density at radius 2 is 1.90 bits per heavy atom. The Morgan fingerprint density at radius 3 is 2.62 bits per heavy atom. The van der Waals surface area contributed by atoms with Gasteiger partial charge in [-0.1, -0.05) is 18.2 Å². The minimum absolute atomic E-state index is 0.577. The van der Waals surface area contributed by atoms with E-state index < -0.39 is 0 Å². The summed E-state index contributed by atoms with van der Waals surface area (Å²) in [7, 11) is 3.32. The molecule has 0 radical (unpaired) electrons. The van der Waals surface area contributed by atoms with Crippen LogP contribution in [0.1, 0.15) is 16.7 Å². The van der Waals surface area contributed by atoms with Gasteiger partial charge in [-0.15, -0.1) is 0 Å². The zero-order valence-electron chi connectivity index (χ0n) is 17.1. The van der Waals surface area contributed by atoms with E-state index >= 15 is 0 Å². The Morgan fingerprint density at radius 1 is 1.03 bits per heavy atom. The Hall–Kier alpha value is -3.54. The molecule has 2 heterocycles. The summed E-state index contributed by atoms with van der Waals surface area (Å²) in [6.07, 6.45) is 3.64. The van der Waals surface area contributed by atoms with Crippen molar-refractivity contribution in [3.63, 3.8) is 0 Å². The maximum atomic E-state index is 5.59. The maximum Gasteiger partial charge on any atom is 0.127 e. The van der Waals surface area contributed by atoms with Crippen molar-refractivity contribution >= 4 is 0 Å². The third-order valence-electron chi connectivity index (χ3n) is 5.27. The van der Waals surface area contributed by atoms with Crippen LogP contribution in [-0.2, 0) is 6.54 Å². The molecule has 2 aromatic carbocycles. The van der Waals surface area contributed by atoms with Crippen LogP contribution in [0, 0.1) is 13.8 Å². The molecule has 0 aliphatic heterocycles. The molecule has 0 saturated heterocycles. The summed E-state index contributed by atoms with van der Waals surface area (Å²) in [6.45, 7) is 4.85. The molecule has 0 amide bonds. The third kappa shape index (κ3) is 3.61. The first-order chi connectivity index (χ1) is 14.1. The van der Waals surface area contributed by atoms with Gasteiger partial charge in [0.2, 0.25) is 0 Å². The lowest BCUT2D eigenvalue weighted by molar-refractivity contribution is 0.389. The van der Waals surface area contributed by atoms with E-state index in [0.717, 1.165) is 34.0 Å². The van der Waals surface area contributed by atoms with Crippen molar-refractivity contribution in [3.05, 3.63) is 71.5 Å². The molecule has 0 aliphatic rings. The zero-order valence-corrected chi connectivity index (χ0v) is 17.1. The van der Waals surface area contributed by atoms with Gasteiger partial charge in [-0.05, 0) is 43.2 Å². The van der Waals surface area contributed by atoms with Crippen molar-refractivity contribution in [2.45, 2.75) is 20.4 Å². The van der Waals surface area contributed by atoms with E-state index in [2.05, 4.69) is 48.3 Å². The number of nitrogens with one attached hydrogen (secondary N) is 1. The Kier molecular flexibility index (Phi) is 5.08. The van der Waals surface area contributed by atoms with Gasteiger partial charge in [-0.3, -0.25) is 9.78 Å². The van der Waals surface area contributed by atoms with Crippen LogP contribution in [0.4, 0.5) is 0 Å². The van der Waals surface area contributed by atoms with Gasteiger partial charge in [0.15, 0.2) is 0 Å². The fourth-order valence-corrected chi connectivity index (χ4v) is 3.46. The molecule has 0 unspecified atom stereocenters. The van der Waals surface area contributed by atoms with Gasteiger partial charge in [0.25, 0.3) is 0 Å². The van der Waals surface area contributed by atoms with Crippen molar-refractivity contribution in [1.29, 1.82) is 0 Å². The average molecular weight is 388 g/mol. The topological polar surface area (TPSA) is 65.0 Å². The summed E-state index contributed by atoms with van der Waals surface area (Å²) >= 11 is 0. The molecule has 4 aromatic rings. The van der Waals surface area contributed by atoms with Gasteiger partial charge in [0.1, 0.15) is 11.5 Å². The highest BCUT2D eigenvalue weighted by molar-refractivity contribution is 5.71. The SMILES string of the molecule is COc1ccc(Cn2nc(-c3cn[nH]c3)cc2-c2cccc(C)c2C)c(OC)c1. The smallest absolute Gasteiger partial charge is 0.127 e. The molecular formula is C23H24N4O2. The molecule has 29 heavy (non-hydrogen) atoms. The minimum atomic E-state index is 0.577. The van der Waals surface area contributed by atoms with Crippen LogP contribution in [-0.4, -0.2) is 34.2 Å². The molecule has 148 valence electrons. The summed E-state index contributed by atoms with van der Waals surface area (Å²) in [5.74, 6) is 1.54. The molecule has 0 aliphatic carbocycles. The van der Waals surface area contributed by atoms with Crippen LogP contribution in [0.3, 0.4) is 0 Å². The molecule has 2 aromatic heterocycles. The second-order valence-electron chi connectivity index (χ2n) is 6.98. The average Bonchev–Trinajstić information content (AvgIpc) is 3.40. The fourth-order valence-electron chi connectivity index (χ4n) is 3.46. The van der Waals surface area contributed by atoms with Crippen LogP contribution in [0.5, 0.6) is 11.5 Å². The number of H-pyrrole nitrogens is 1. The number of hydrogen-bond acceptors (Lipinski definition) is 4. The number of aromatic amines is 1. The van der Waals surface area contributed by atoms with Crippen LogP contribution in [0.15, 0.2) is 54.9 Å². The van der Waals surface area contributed by atoms with Crippen LogP contribution in [0.25, 0.3) is 22.5 Å². The zero-order chi connectivity index (χ0) is 20.4. The van der Waals surface area contributed by atoms with Gasteiger partial charge >= 0.3 is 0 Å². The second kappa shape index (κ2) is 7.83. The summed E-state index contributed by atoms with van der Waals surface area (Å²) < 4.78 is 12.9. The normalized spacial score (nSPS) is 10.9. The Labute approximate surface area is 170 Å². The van der Waals surface area contributed by atoms with E-state index in [1.54, 1.807) is 20.4 Å². The first kappa shape index (κ1) is 18.8. The van der Waals surface area contributed by atoms with Crippen LogP contribution < -0.4 is 9.47 Å². The highest BCUT2D eigenvalue weighted by atomic mass is 16.5. The number of rotatable bonds is 6. The van der Waals surface area contributed by atoms with Crippen molar-refractivity contribution in [3.8, 4) is 34.0 Å². The van der Waals surface area contributed by atoms with Gasteiger partial charge in [0, 0.05) is 29.0 Å². The van der Waals surface area contributed by atoms with Crippen molar-refractivity contribution in [2.75, 3.05) is 14.2 Å². The summed E-state index contributed by atoms with van der Waals surface area (Å²) in [5.41, 5.74) is 7.58. The molecule has 1 N–H and O–H groups in total. The molecule has 6 nitrogen and oxygen atoms in total.